The van der Waals surface area contributed by atoms with Gasteiger partial charge >= 0.3 is 11.9 Å². The second kappa shape index (κ2) is 7.24. The van der Waals surface area contributed by atoms with Crippen LogP contribution < -0.4 is 5.32 Å². The van der Waals surface area contributed by atoms with Gasteiger partial charge in [0.25, 0.3) is 0 Å². The van der Waals surface area contributed by atoms with E-state index >= 15 is 0 Å². The number of nitrogens with one attached hydrogen (secondary N) is 1. The van der Waals surface area contributed by atoms with Gasteiger partial charge in [0.1, 0.15) is 12.6 Å². The zero-order valence-corrected chi connectivity index (χ0v) is 9.83. The second-order valence-electron chi connectivity index (χ2n) is 3.58. The standard InChI is InChI=1S/C13H15NO4/c1-2-11(14-8-12(15)16)13(17)18-9-10-6-4-3-5-7-10/h2-7,11,14H,1,8-9H2,(H,15,16)/t11-/m0/s1. The van der Waals surface area contributed by atoms with E-state index in [1.807, 2.05) is 30.3 Å². The van der Waals surface area contributed by atoms with E-state index < -0.39 is 18.0 Å². The van der Waals surface area contributed by atoms with Crippen LogP contribution in [0.1, 0.15) is 5.56 Å². The van der Waals surface area contributed by atoms with E-state index in [-0.39, 0.29) is 13.2 Å². The lowest BCUT2D eigenvalue weighted by Gasteiger charge is -2.12. The normalized spacial score (nSPS) is 11.6. The van der Waals surface area contributed by atoms with Crippen molar-refractivity contribution in [2.75, 3.05) is 6.54 Å². The summed E-state index contributed by atoms with van der Waals surface area (Å²) in [4.78, 5) is 22.0. The molecule has 0 aliphatic rings. The molecule has 1 atom stereocenters. The maximum Gasteiger partial charge on any atom is 0.327 e. The molecule has 5 nitrogen and oxygen atoms in total. The fourth-order valence-electron chi connectivity index (χ4n) is 1.28. The van der Waals surface area contributed by atoms with Crippen LogP contribution in [0.5, 0.6) is 0 Å². The molecule has 0 saturated heterocycles. The number of aliphatic carboxylic acids is 1. The van der Waals surface area contributed by atoms with E-state index in [1.165, 1.54) is 6.08 Å². The van der Waals surface area contributed by atoms with E-state index in [4.69, 9.17) is 9.84 Å². The molecule has 1 rings (SSSR count). The Morgan fingerprint density at radius 3 is 2.61 bits per heavy atom. The van der Waals surface area contributed by atoms with Gasteiger partial charge in [0.15, 0.2) is 0 Å². The van der Waals surface area contributed by atoms with Crippen LogP contribution in [0.25, 0.3) is 0 Å². The molecule has 0 saturated carbocycles. The van der Waals surface area contributed by atoms with E-state index in [1.54, 1.807) is 0 Å². The predicted octanol–water partition coefficient (Wildman–Crippen LogP) is 0.959. The highest BCUT2D eigenvalue weighted by Gasteiger charge is 2.16. The van der Waals surface area contributed by atoms with Gasteiger partial charge in [0.2, 0.25) is 0 Å². The first-order valence-corrected chi connectivity index (χ1v) is 5.41. The van der Waals surface area contributed by atoms with E-state index in [0.29, 0.717) is 0 Å². The molecule has 0 aliphatic carbocycles. The molecule has 0 heterocycles. The largest absolute Gasteiger partial charge is 0.480 e. The van der Waals surface area contributed by atoms with E-state index in [0.717, 1.165) is 5.56 Å². The summed E-state index contributed by atoms with van der Waals surface area (Å²) in [6.07, 6.45) is 1.32. The number of benzene rings is 1. The maximum atomic E-state index is 11.6. The summed E-state index contributed by atoms with van der Waals surface area (Å²) in [5.41, 5.74) is 0.867. The summed E-state index contributed by atoms with van der Waals surface area (Å²) in [6.45, 7) is 3.29. The molecule has 0 amide bonds. The zero-order chi connectivity index (χ0) is 13.4. The van der Waals surface area contributed by atoms with Crippen LogP contribution in [0, 0.1) is 0 Å². The van der Waals surface area contributed by atoms with Gasteiger partial charge in [-0.15, -0.1) is 6.58 Å². The highest BCUT2D eigenvalue weighted by Crippen LogP contribution is 2.02. The Morgan fingerprint density at radius 1 is 1.39 bits per heavy atom. The van der Waals surface area contributed by atoms with Crippen molar-refractivity contribution in [2.24, 2.45) is 0 Å². The van der Waals surface area contributed by atoms with Crippen molar-refractivity contribution in [3.8, 4) is 0 Å². The highest BCUT2D eigenvalue weighted by atomic mass is 16.5. The Balaban J connectivity index is 2.43. The maximum absolute atomic E-state index is 11.6. The molecular weight excluding hydrogens is 234 g/mol. The molecule has 0 aliphatic heterocycles. The van der Waals surface area contributed by atoms with Crippen LogP contribution in [-0.2, 0) is 20.9 Å². The molecule has 2 N–H and O–H groups in total. The summed E-state index contributed by atoms with van der Waals surface area (Å²) in [5, 5.41) is 11.0. The Labute approximate surface area is 105 Å². The fourth-order valence-corrected chi connectivity index (χ4v) is 1.28. The molecule has 0 spiro atoms. The number of ether oxygens (including phenoxy) is 1. The number of carbonyl (C=O) groups excluding carboxylic acids is 1. The van der Waals surface area contributed by atoms with E-state index in [2.05, 4.69) is 11.9 Å². The number of hydrogen-bond donors (Lipinski definition) is 2. The quantitative estimate of drug-likeness (QED) is 0.556. The van der Waals surface area contributed by atoms with Crippen LogP contribution in [0.4, 0.5) is 0 Å². The molecule has 18 heavy (non-hydrogen) atoms. The van der Waals surface area contributed by atoms with Gasteiger partial charge in [0, 0.05) is 0 Å². The minimum absolute atomic E-state index is 0.152. The Bertz CT molecular complexity index is 416. The van der Waals surface area contributed by atoms with Gasteiger partial charge in [-0.25, -0.2) is 4.79 Å². The van der Waals surface area contributed by atoms with Crippen molar-refractivity contribution in [3.05, 3.63) is 48.6 Å². The van der Waals surface area contributed by atoms with Gasteiger partial charge in [-0.1, -0.05) is 36.4 Å². The Morgan fingerprint density at radius 2 is 2.06 bits per heavy atom. The molecular formula is C13H15NO4. The number of hydrogen-bond acceptors (Lipinski definition) is 4. The topological polar surface area (TPSA) is 75.6 Å². The molecule has 1 aromatic rings. The van der Waals surface area contributed by atoms with Crippen LogP contribution in [0.2, 0.25) is 0 Å². The molecule has 0 radical (unpaired) electrons. The van der Waals surface area contributed by atoms with Crippen molar-refractivity contribution in [1.29, 1.82) is 0 Å². The number of carbonyl (C=O) groups is 2. The predicted molar refractivity (Wildman–Crippen MR) is 65.9 cm³/mol. The molecule has 96 valence electrons. The summed E-state index contributed by atoms with van der Waals surface area (Å²) in [5.74, 6) is -1.59. The van der Waals surface area contributed by atoms with Gasteiger partial charge < -0.3 is 9.84 Å². The zero-order valence-electron chi connectivity index (χ0n) is 9.83. The third-order valence-electron chi connectivity index (χ3n) is 2.19. The van der Waals surface area contributed by atoms with Gasteiger partial charge in [-0.2, -0.15) is 0 Å². The first-order valence-electron chi connectivity index (χ1n) is 5.41. The van der Waals surface area contributed by atoms with Crippen molar-refractivity contribution in [2.45, 2.75) is 12.6 Å². The van der Waals surface area contributed by atoms with Gasteiger partial charge in [0.05, 0.1) is 6.54 Å². The van der Waals surface area contributed by atoms with Crippen LogP contribution >= 0.6 is 0 Å². The summed E-state index contributed by atoms with van der Waals surface area (Å²) < 4.78 is 5.05. The third kappa shape index (κ3) is 4.80. The lowest BCUT2D eigenvalue weighted by Crippen LogP contribution is -2.39. The number of esters is 1. The SMILES string of the molecule is C=C[C@H](NCC(=O)O)C(=O)OCc1ccccc1. The van der Waals surface area contributed by atoms with Crippen LogP contribution in [0.15, 0.2) is 43.0 Å². The van der Waals surface area contributed by atoms with Gasteiger partial charge in [-0.05, 0) is 5.56 Å². The third-order valence-corrected chi connectivity index (χ3v) is 2.19. The van der Waals surface area contributed by atoms with Crippen LogP contribution in [0.3, 0.4) is 0 Å². The summed E-state index contributed by atoms with van der Waals surface area (Å²) >= 11 is 0. The monoisotopic (exact) mass is 249 g/mol. The molecule has 0 bridgehead atoms. The molecule has 0 fully saturated rings. The fraction of sp³-hybridized carbons (Fsp3) is 0.231. The first-order chi connectivity index (χ1) is 8.63. The van der Waals surface area contributed by atoms with E-state index in [9.17, 15) is 9.59 Å². The molecule has 1 aromatic carbocycles. The Kier molecular flexibility index (Phi) is 5.60. The molecule has 5 heteroatoms. The Hall–Kier alpha value is -2.14. The van der Waals surface area contributed by atoms with Crippen molar-refractivity contribution >= 4 is 11.9 Å². The molecule has 0 aromatic heterocycles. The summed E-state index contributed by atoms with van der Waals surface area (Å²) in [7, 11) is 0. The smallest absolute Gasteiger partial charge is 0.327 e. The average molecular weight is 249 g/mol. The van der Waals surface area contributed by atoms with Crippen LogP contribution in [-0.4, -0.2) is 29.6 Å². The minimum atomic E-state index is -1.04. The second-order valence-corrected chi connectivity index (χ2v) is 3.58. The lowest BCUT2D eigenvalue weighted by atomic mass is 10.2. The van der Waals surface area contributed by atoms with Crippen molar-refractivity contribution < 1.29 is 19.4 Å². The number of rotatable bonds is 7. The first kappa shape index (κ1) is 13.9. The number of carboxylic acids is 1. The minimum Gasteiger partial charge on any atom is -0.480 e. The highest BCUT2D eigenvalue weighted by molar-refractivity contribution is 5.79. The summed E-state index contributed by atoms with van der Waals surface area (Å²) in [6, 6.07) is 8.41. The van der Waals surface area contributed by atoms with Crippen molar-refractivity contribution in [3.63, 3.8) is 0 Å². The lowest BCUT2D eigenvalue weighted by molar-refractivity contribution is -0.146. The van der Waals surface area contributed by atoms with Gasteiger partial charge in [-0.3, -0.25) is 10.1 Å². The average Bonchev–Trinajstić information content (AvgIpc) is 2.38. The number of carboxylic acid groups (broad SMARTS) is 1. The van der Waals surface area contributed by atoms with Crippen molar-refractivity contribution in [1.82, 2.24) is 5.32 Å². The molecule has 0 unspecified atom stereocenters.